The SMILES string of the molecule is NC(=O)CCC(N)C(=O)O.O=C(O)CC(O)(CC(=O)O)C(=O)O. The van der Waals surface area contributed by atoms with E-state index in [-0.39, 0.29) is 12.8 Å². The number of amides is 1. The number of nitrogens with two attached hydrogens (primary N) is 2. The zero-order valence-corrected chi connectivity index (χ0v) is 11.8. The average Bonchev–Trinajstić information content (AvgIpc) is 2.34. The molecule has 0 aromatic carbocycles. The third kappa shape index (κ3) is 11.6. The Bertz CT molecular complexity index is 459. The van der Waals surface area contributed by atoms with E-state index in [4.69, 9.17) is 37.0 Å². The molecule has 0 spiro atoms. The predicted molar refractivity (Wildman–Crippen MR) is 71.1 cm³/mol. The number of carboxylic acid groups (broad SMARTS) is 4. The maximum absolute atomic E-state index is 10.3. The molecule has 0 aromatic heterocycles. The van der Waals surface area contributed by atoms with Crippen LogP contribution in [0.1, 0.15) is 25.7 Å². The lowest BCUT2D eigenvalue weighted by Crippen LogP contribution is -2.42. The molecule has 9 N–H and O–H groups in total. The summed E-state index contributed by atoms with van der Waals surface area (Å²) in [7, 11) is 0. The van der Waals surface area contributed by atoms with Crippen LogP contribution in [-0.2, 0) is 24.0 Å². The Kier molecular flexibility index (Phi) is 9.88. The van der Waals surface area contributed by atoms with Gasteiger partial charge in [0.25, 0.3) is 0 Å². The molecule has 0 aliphatic carbocycles. The number of carbonyl (C=O) groups is 5. The van der Waals surface area contributed by atoms with Gasteiger partial charge in [-0.25, -0.2) is 4.79 Å². The standard InChI is InChI=1S/C6H8O7.C5H10N2O3/c7-3(8)1-6(13,5(11)12)2-4(9)10;6-3(5(9)10)1-2-4(7)8/h13H,1-2H2,(H,7,8)(H,9,10)(H,11,12);3H,1-2,6H2,(H2,7,8)(H,9,10). The molecule has 12 nitrogen and oxygen atoms in total. The van der Waals surface area contributed by atoms with E-state index in [1.165, 1.54) is 0 Å². The van der Waals surface area contributed by atoms with E-state index in [0.717, 1.165) is 0 Å². The zero-order chi connectivity index (χ0) is 18.8. The van der Waals surface area contributed by atoms with Crippen LogP contribution in [0, 0.1) is 0 Å². The van der Waals surface area contributed by atoms with E-state index in [9.17, 15) is 24.0 Å². The quantitative estimate of drug-likeness (QED) is 0.230. The van der Waals surface area contributed by atoms with Gasteiger partial charge in [-0.1, -0.05) is 0 Å². The van der Waals surface area contributed by atoms with Crippen molar-refractivity contribution in [2.75, 3.05) is 0 Å². The van der Waals surface area contributed by atoms with Gasteiger partial charge in [-0.05, 0) is 6.42 Å². The van der Waals surface area contributed by atoms with Gasteiger partial charge in [-0.2, -0.15) is 0 Å². The second-order valence-electron chi connectivity index (χ2n) is 4.43. The Labute approximate surface area is 129 Å². The molecule has 0 aliphatic rings. The van der Waals surface area contributed by atoms with Gasteiger partial charge in [0.2, 0.25) is 5.91 Å². The smallest absolute Gasteiger partial charge is 0.336 e. The Morgan fingerprint density at radius 1 is 0.913 bits per heavy atom. The summed E-state index contributed by atoms with van der Waals surface area (Å²) in [5.41, 5.74) is 7.07. The lowest BCUT2D eigenvalue weighted by atomic mass is 9.96. The third-order valence-corrected chi connectivity index (χ3v) is 2.30. The molecule has 12 heteroatoms. The number of carboxylic acids is 4. The van der Waals surface area contributed by atoms with E-state index >= 15 is 0 Å². The first kappa shape index (κ1) is 22.5. The largest absolute Gasteiger partial charge is 0.481 e. The first-order chi connectivity index (χ1) is 10.3. The van der Waals surface area contributed by atoms with Gasteiger partial charge in [-0.15, -0.1) is 0 Å². The Morgan fingerprint density at radius 3 is 1.52 bits per heavy atom. The molecule has 0 saturated heterocycles. The van der Waals surface area contributed by atoms with Gasteiger partial charge in [0.15, 0.2) is 5.60 Å². The van der Waals surface area contributed by atoms with Crippen LogP contribution < -0.4 is 11.5 Å². The van der Waals surface area contributed by atoms with Crippen LogP contribution in [0.3, 0.4) is 0 Å². The molecule has 0 aliphatic heterocycles. The molecular weight excluding hydrogens is 320 g/mol. The van der Waals surface area contributed by atoms with Crippen molar-refractivity contribution in [3.05, 3.63) is 0 Å². The van der Waals surface area contributed by atoms with Crippen molar-refractivity contribution in [1.29, 1.82) is 0 Å². The van der Waals surface area contributed by atoms with E-state index in [1.54, 1.807) is 0 Å². The highest BCUT2D eigenvalue weighted by atomic mass is 16.4. The number of rotatable bonds is 9. The van der Waals surface area contributed by atoms with E-state index in [0.29, 0.717) is 0 Å². The Morgan fingerprint density at radius 2 is 1.30 bits per heavy atom. The molecule has 0 fully saturated rings. The molecule has 0 rings (SSSR count). The molecule has 1 amide bonds. The second kappa shape index (κ2) is 10.1. The van der Waals surface area contributed by atoms with Gasteiger partial charge >= 0.3 is 23.9 Å². The maximum atomic E-state index is 10.3. The minimum Gasteiger partial charge on any atom is -0.481 e. The molecule has 1 atom stereocenters. The minimum absolute atomic E-state index is 0.0213. The molecule has 0 radical (unpaired) electrons. The summed E-state index contributed by atoms with van der Waals surface area (Å²) in [5, 5.41) is 42.0. The van der Waals surface area contributed by atoms with E-state index in [1.807, 2.05) is 0 Å². The van der Waals surface area contributed by atoms with Crippen LogP contribution in [-0.4, -0.2) is 67.0 Å². The van der Waals surface area contributed by atoms with Crippen LogP contribution in [0.4, 0.5) is 0 Å². The molecule has 132 valence electrons. The highest BCUT2D eigenvalue weighted by molar-refractivity contribution is 5.88. The zero-order valence-electron chi connectivity index (χ0n) is 11.8. The summed E-state index contributed by atoms with van der Waals surface area (Å²) in [6.45, 7) is 0. The Hall–Kier alpha value is -2.73. The van der Waals surface area contributed by atoms with Gasteiger partial charge in [0, 0.05) is 6.42 Å². The minimum atomic E-state index is -2.74. The highest BCUT2D eigenvalue weighted by Gasteiger charge is 2.40. The van der Waals surface area contributed by atoms with Gasteiger partial charge in [-0.3, -0.25) is 19.2 Å². The summed E-state index contributed by atoms with van der Waals surface area (Å²) in [5.74, 6) is -6.66. The normalized spacial score (nSPS) is 11.6. The first-order valence-electron chi connectivity index (χ1n) is 5.98. The van der Waals surface area contributed by atoms with E-state index in [2.05, 4.69) is 0 Å². The first-order valence-corrected chi connectivity index (χ1v) is 5.98. The lowest BCUT2D eigenvalue weighted by Gasteiger charge is -2.18. The van der Waals surface area contributed by atoms with Crippen molar-refractivity contribution >= 4 is 29.8 Å². The van der Waals surface area contributed by atoms with Crippen molar-refractivity contribution < 1.29 is 49.5 Å². The third-order valence-electron chi connectivity index (χ3n) is 2.30. The molecule has 0 heterocycles. The number of hydrogen-bond donors (Lipinski definition) is 7. The van der Waals surface area contributed by atoms with Gasteiger partial charge < -0.3 is 37.0 Å². The monoisotopic (exact) mass is 338 g/mol. The summed E-state index contributed by atoms with van der Waals surface area (Å²) in [4.78, 5) is 50.6. The fourth-order valence-corrected chi connectivity index (χ4v) is 1.14. The fourth-order valence-electron chi connectivity index (χ4n) is 1.14. The van der Waals surface area contributed by atoms with Crippen molar-refractivity contribution in [3.8, 4) is 0 Å². The molecule has 1 unspecified atom stereocenters. The van der Waals surface area contributed by atoms with Crippen LogP contribution in [0.5, 0.6) is 0 Å². The lowest BCUT2D eigenvalue weighted by molar-refractivity contribution is -0.170. The number of carbonyl (C=O) groups excluding carboxylic acids is 1. The molecule has 0 aromatic rings. The topological polar surface area (TPSA) is 239 Å². The maximum Gasteiger partial charge on any atom is 0.336 e. The van der Waals surface area contributed by atoms with E-state index < -0.39 is 54.3 Å². The average molecular weight is 338 g/mol. The van der Waals surface area contributed by atoms with Crippen molar-refractivity contribution in [2.24, 2.45) is 11.5 Å². The summed E-state index contributed by atoms with van der Waals surface area (Å²) >= 11 is 0. The summed E-state index contributed by atoms with van der Waals surface area (Å²) in [6, 6.07) is -0.979. The van der Waals surface area contributed by atoms with Crippen molar-refractivity contribution in [2.45, 2.75) is 37.3 Å². The highest BCUT2D eigenvalue weighted by Crippen LogP contribution is 2.15. The fraction of sp³-hybridized carbons (Fsp3) is 0.545. The molecule has 0 bridgehead atoms. The van der Waals surface area contributed by atoms with Crippen LogP contribution in [0.15, 0.2) is 0 Å². The van der Waals surface area contributed by atoms with Crippen LogP contribution in [0.25, 0.3) is 0 Å². The second-order valence-corrected chi connectivity index (χ2v) is 4.43. The molecular formula is C11H18N2O10. The number of aliphatic hydroxyl groups is 1. The van der Waals surface area contributed by atoms with Crippen LogP contribution >= 0.6 is 0 Å². The van der Waals surface area contributed by atoms with Crippen molar-refractivity contribution in [3.63, 3.8) is 0 Å². The predicted octanol–water partition coefficient (Wildman–Crippen LogP) is -2.58. The van der Waals surface area contributed by atoms with Crippen LogP contribution in [0.2, 0.25) is 0 Å². The Balaban J connectivity index is 0. The summed E-state index contributed by atoms with van der Waals surface area (Å²) in [6.07, 6.45) is -2.17. The summed E-state index contributed by atoms with van der Waals surface area (Å²) < 4.78 is 0. The van der Waals surface area contributed by atoms with Gasteiger partial charge in [0.05, 0.1) is 12.8 Å². The van der Waals surface area contributed by atoms with Gasteiger partial charge in [0.1, 0.15) is 6.04 Å². The number of primary amides is 1. The molecule has 23 heavy (non-hydrogen) atoms. The number of aliphatic carboxylic acids is 4. The van der Waals surface area contributed by atoms with Crippen molar-refractivity contribution in [1.82, 2.24) is 0 Å². The molecule has 0 saturated carbocycles. The number of hydrogen-bond acceptors (Lipinski definition) is 7.